The first-order valence-corrected chi connectivity index (χ1v) is 7.83. The minimum absolute atomic E-state index is 0.304. The summed E-state index contributed by atoms with van der Waals surface area (Å²) in [7, 11) is 0. The molecular weight excluding hydrogens is 236 g/mol. The lowest BCUT2D eigenvalue weighted by atomic mass is 10.0. The second kappa shape index (κ2) is 10.8. The lowest BCUT2D eigenvalue weighted by Crippen LogP contribution is -2.03. The minimum atomic E-state index is 0.304. The van der Waals surface area contributed by atoms with Crippen molar-refractivity contribution in [3.8, 4) is 0 Å². The molecule has 0 aliphatic rings. The van der Waals surface area contributed by atoms with Crippen molar-refractivity contribution in [2.75, 3.05) is 0 Å². The molecule has 0 spiro atoms. The second-order valence-corrected chi connectivity index (χ2v) is 5.33. The predicted molar refractivity (Wildman–Crippen MR) is 79.1 cm³/mol. The molecule has 0 radical (unpaired) electrons. The predicted octanol–water partition coefficient (Wildman–Crippen LogP) is 4.44. The maximum atomic E-state index is 11.7. The molecule has 0 unspecified atom stereocenters. The van der Waals surface area contributed by atoms with Crippen molar-refractivity contribution >= 4 is 5.78 Å². The Hall–Kier alpha value is -1.12. The summed E-state index contributed by atoms with van der Waals surface area (Å²) in [5.41, 5.74) is 0. The number of aromatic amines is 1. The van der Waals surface area contributed by atoms with Gasteiger partial charge in [-0.3, -0.25) is 4.79 Å². The van der Waals surface area contributed by atoms with E-state index in [1.807, 2.05) is 0 Å². The third kappa shape index (κ3) is 8.57. The number of nitrogens with one attached hydrogen (secondary N) is 1. The maximum absolute atomic E-state index is 11.7. The topological polar surface area (TPSA) is 45.8 Å². The Kier molecular flexibility index (Phi) is 9.03. The van der Waals surface area contributed by atoms with Crippen LogP contribution in [0.5, 0.6) is 0 Å². The fraction of sp³-hybridized carbons (Fsp3) is 0.750. The molecule has 0 saturated carbocycles. The molecular formula is C16H28N2O. The van der Waals surface area contributed by atoms with Crippen LogP contribution in [0, 0.1) is 0 Å². The number of nitrogens with zero attached hydrogens (tertiary/aromatic N) is 1. The third-order valence-corrected chi connectivity index (χ3v) is 3.48. The van der Waals surface area contributed by atoms with Crippen LogP contribution in [-0.4, -0.2) is 15.8 Å². The zero-order valence-electron chi connectivity index (χ0n) is 12.3. The molecule has 1 N–H and O–H groups in total. The number of carbonyl (C=O) groups excluding carboxylic acids is 1. The Morgan fingerprint density at radius 1 is 1.05 bits per heavy atom. The molecule has 19 heavy (non-hydrogen) atoms. The van der Waals surface area contributed by atoms with Gasteiger partial charge >= 0.3 is 0 Å². The van der Waals surface area contributed by atoms with Crippen LogP contribution in [0.1, 0.15) is 77.0 Å². The fourth-order valence-corrected chi connectivity index (χ4v) is 2.30. The van der Waals surface area contributed by atoms with Crippen LogP contribution in [0.3, 0.4) is 0 Å². The summed E-state index contributed by atoms with van der Waals surface area (Å²) in [6.07, 6.45) is 16.3. The van der Waals surface area contributed by atoms with Crippen LogP contribution in [0.4, 0.5) is 0 Å². The van der Waals surface area contributed by atoms with E-state index in [4.69, 9.17) is 0 Å². The lowest BCUT2D eigenvalue weighted by molar-refractivity contribution is -0.118. The van der Waals surface area contributed by atoms with Crippen molar-refractivity contribution in [1.82, 2.24) is 9.97 Å². The zero-order valence-corrected chi connectivity index (χ0v) is 12.3. The van der Waals surface area contributed by atoms with E-state index in [9.17, 15) is 4.79 Å². The first-order chi connectivity index (χ1) is 9.33. The van der Waals surface area contributed by atoms with Gasteiger partial charge in [0.15, 0.2) is 0 Å². The van der Waals surface area contributed by atoms with E-state index >= 15 is 0 Å². The van der Waals surface area contributed by atoms with E-state index in [1.54, 1.807) is 12.4 Å². The molecule has 0 aliphatic carbocycles. The molecule has 0 fully saturated rings. The molecule has 0 aliphatic heterocycles. The Bertz CT molecular complexity index is 319. The molecule has 0 amide bonds. The van der Waals surface area contributed by atoms with Crippen LogP contribution in [0.15, 0.2) is 12.4 Å². The molecule has 1 rings (SSSR count). The monoisotopic (exact) mass is 264 g/mol. The number of H-pyrrole nitrogens is 1. The zero-order chi connectivity index (χ0) is 13.8. The van der Waals surface area contributed by atoms with Crippen LogP contribution in [0.2, 0.25) is 0 Å². The van der Waals surface area contributed by atoms with Gasteiger partial charge in [-0.25, -0.2) is 4.98 Å². The Morgan fingerprint density at radius 3 is 2.26 bits per heavy atom. The fourth-order valence-electron chi connectivity index (χ4n) is 2.30. The van der Waals surface area contributed by atoms with Crippen LogP contribution >= 0.6 is 0 Å². The molecule has 108 valence electrons. The standard InChI is InChI=1S/C16H28N2O/c1-2-3-4-5-6-7-8-9-10-11-15(19)14-16-17-12-13-18-16/h12-13H,2-11,14H2,1H3,(H,17,18). The quantitative estimate of drug-likeness (QED) is 0.567. The van der Waals surface area contributed by atoms with E-state index in [2.05, 4.69) is 16.9 Å². The molecule has 0 bridgehead atoms. The lowest BCUT2D eigenvalue weighted by Gasteiger charge is -2.01. The average Bonchev–Trinajstić information content (AvgIpc) is 2.89. The summed E-state index contributed by atoms with van der Waals surface area (Å²) in [5, 5.41) is 0. The van der Waals surface area contributed by atoms with Gasteiger partial charge in [-0.15, -0.1) is 0 Å². The highest BCUT2D eigenvalue weighted by Crippen LogP contribution is 2.11. The van der Waals surface area contributed by atoms with Gasteiger partial charge in [-0.1, -0.05) is 58.3 Å². The van der Waals surface area contributed by atoms with E-state index in [-0.39, 0.29) is 0 Å². The van der Waals surface area contributed by atoms with E-state index in [0.717, 1.165) is 12.2 Å². The molecule has 1 aromatic heterocycles. The SMILES string of the molecule is CCCCCCCCCCCC(=O)Cc1ncc[nH]1. The van der Waals surface area contributed by atoms with Crippen molar-refractivity contribution in [2.24, 2.45) is 0 Å². The molecule has 1 aromatic rings. The summed E-state index contributed by atoms with van der Waals surface area (Å²) < 4.78 is 0. The summed E-state index contributed by atoms with van der Waals surface area (Å²) in [6, 6.07) is 0. The van der Waals surface area contributed by atoms with Gasteiger partial charge in [0.1, 0.15) is 11.6 Å². The summed E-state index contributed by atoms with van der Waals surface area (Å²) >= 11 is 0. The summed E-state index contributed by atoms with van der Waals surface area (Å²) in [6.45, 7) is 2.25. The first-order valence-electron chi connectivity index (χ1n) is 7.83. The number of aromatic nitrogens is 2. The number of ketones is 1. The number of hydrogen-bond acceptors (Lipinski definition) is 2. The van der Waals surface area contributed by atoms with Gasteiger partial charge < -0.3 is 4.98 Å². The van der Waals surface area contributed by atoms with Crippen LogP contribution in [-0.2, 0) is 11.2 Å². The maximum Gasteiger partial charge on any atom is 0.140 e. The Labute approximate surface area is 117 Å². The van der Waals surface area contributed by atoms with Crippen molar-refractivity contribution in [2.45, 2.75) is 77.6 Å². The van der Waals surface area contributed by atoms with Crippen molar-refractivity contribution in [3.63, 3.8) is 0 Å². The van der Waals surface area contributed by atoms with Gasteiger partial charge in [0.25, 0.3) is 0 Å². The first kappa shape index (κ1) is 15.9. The number of rotatable bonds is 12. The number of unbranched alkanes of at least 4 members (excludes halogenated alkanes) is 8. The highest BCUT2D eigenvalue weighted by atomic mass is 16.1. The second-order valence-electron chi connectivity index (χ2n) is 5.33. The van der Waals surface area contributed by atoms with Gasteiger partial charge in [0, 0.05) is 18.8 Å². The summed E-state index contributed by atoms with van der Waals surface area (Å²) in [4.78, 5) is 18.7. The summed E-state index contributed by atoms with van der Waals surface area (Å²) in [5.74, 6) is 1.10. The highest BCUT2D eigenvalue weighted by Gasteiger charge is 2.04. The Morgan fingerprint density at radius 2 is 1.68 bits per heavy atom. The number of imidazole rings is 1. The number of carbonyl (C=O) groups is 1. The highest BCUT2D eigenvalue weighted by molar-refractivity contribution is 5.79. The molecule has 0 atom stereocenters. The van der Waals surface area contributed by atoms with Gasteiger partial charge in [-0.2, -0.15) is 0 Å². The van der Waals surface area contributed by atoms with E-state index in [0.29, 0.717) is 18.6 Å². The molecule has 3 heteroatoms. The minimum Gasteiger partial charge on any atom is -0.348 e. The molecule has 0 saturated heterocycles. The molecule has 0 aromatic carbocycles. The van der Waals surface area contributed by atoms with Crippen LogP contribution < -0.4 is 0 Å². The number of hydrogen-bond donors (Lipinski definition) is 1. The van der Waals surface area contributed by atoms with Crippen molar-refractivity contribution < 1.29 is 4.79 Å². The average molecular weight is 264 g/mol. The van der Waals surface area contributed by atoms with E-state index in [1.165, 1.54) is 51.4 Å². The van der Waals surface area contributed by atoms with Gasteiger partial charge in [0.2, 0.25) is 0 Å². The van der Waals surface area contributed by atoms with E-state index < -0.39 is 0 Å². The van der Waals surface area contributed by atoms with Crippen molar-refractivity contribution in [3.05, 3.63) is 18.2 Å². The van der Waals surface area contributed by atoms with Gasteiger partial charge in [-0.05, 0) is 6.42 Å². The normalized spacial score (nSPS) is 10.8. The van der Waals surface area contributed by atoms with Crippen molar-refractivity contribution in [1.29, 1.82) is 0 Å². The molecule has 3 nitrogen and oxygen atoms in total. The smallest absolute Gasteiger partial charge is 0.140 e. The van der Waals surface area contributed by atoms with Crippen LogP contribution in [0.25, 0.3) is 0 Å². The molecule has 1 heterocycles. The largest absolute Gasteiger partial charge is 0.348 e. The number of Topliss-reactive ketones (excluding diaryl/α,β-unsaturated/α-hetero) is 1. The Balaban J connectivity index is 1.86. The third-order valence-electron chi connectivity index (χ3n) is 3.48. The van der Waals surface area contributed by atoms with Gasteiger partial charge in [0.05, 0.1) is 6.42 Å².